The van der Waals surface area contributed by atoms with Gasteiger partial charge in [-0.15, -0.1) is 0 Å². The van der Waals surface area contributed by atoms with Crippen LogP contribution in [-0.4, -0.2) is 22.1 Å². The highest BCUT2D eigenvalue weighted by Crippen LogP contribution is 2.25. The zero-order chi connectivity index (χ0) is 19.6. The first kappa shape index (κ1) is 18.1. The molecule has 0 radical (unpaired) electrons. The minimum absolute atomic E-state index is 0.126. The van der Waals surface area contributed by atoms with Crippen LogP contribution in [0, 0.1) is 11.6 Å². The lowest BCUT2D eigenvalue weighted by Gasteiger charge is -2.10. The Bertz CT molecular complexity index is 1050. The molecule has 0 unspecified atom stereocenters. The van der Waals surface area contributed by atoms with Crippen molar-refractivity contribution in [1.82, 2.24) is 0 Å². The molecule has 0 atom stereocenters. The summed E-state index contributed by atoms with van der Waals surface area (Å²) in [6, 6.07) is 13.2. The molecule has 0 fully saturated rings. The van der Waals surface area contributed by atoms with Gasteiger partial charge in [0.25, 0.3) is 5.91 Å². The lowest BCUT2D eigenvalue weighted by Crippen LogP contribution is -2.16. The molecule has 136 valence electrons. The fraction of sp³-hybridized carbons (Fsp3) is 0. The number of anilines is 1. The third-order valence-electron chi connectivity index (χ3n) is 3.85. The van der Waals surface area contributed by atoms with Crippen molar-refractivity contribution in [3.05, 3.63) is 83.4 Å². The van der Waals surface area contributed by atoms with Gasteiger partial charge in [-0.05, 0) is 53.6 Å². The summed E-state index contributed by atoms with van der Waals surface area (Å²) < 4.78 is 26.5. The first-order valence-electron chi connectivity index (χ1n) is 7.78. The Hall–Kier alpha value is -3.74. The number of halogens is 2. The summed E-state index contributed by atoms with van der Waals surface area (Å²) >= 11 is 0. The number of nitrogens with one attached hydrogen (secondary N) is 1. The van der Waals surface area contributed by atoms with Crippen LogP contribution in [0.5, 0.6) is 5.75 Å². The molecular formula is C20H13F2NO4. The van der Waals surface area contributed by atoms with Crippen LogP contribution < -0.4 is 5.32 Å². The number of carboxylic acids is 1. The van der Waals surface area contributed by atoms with E-state index in [0.717, 1.165) is 18.2 Å². The van der Waals surface area contributed by atoms with Crippen molar-refractivity contribution in [1.29, 1.82) is 0 Å². The van der Waals surface area contributed by atoms with Crippen molar-refractivity contribution in [2.75, 3.05) is 5.32 Å². The largest absolute Gasteiger partial charge is 0.508 e. The van der Waals surface area contributed by atoms with E-state index in [1.807, 2.05) is 0 Å². The van der Waals surface area contributed by atoms with Gasteiger partial charge in [0.2, 0.25) is 0 Å². The molecule has 3 aromatic rings. The molecular weight excluding hydrogens is 356 g/mol. The van der Waals surface area contributed by atoms with E-state index in [4.69, 9.17) is 0 Å². The second-order valence-corrected chi connectivity index (χ2v) is 5.70. The number of carboxylic acid groups (broad SMARTS) is 1. The summed E-state index contributed by atoms with van der Waals surface area (Å²) in [5.41, 5.74) is 0.825. The van der Waals surface area contributed by atoms with Gasteiger partial charge in [-0.1, -0.05) is 18.2 Å². The maximum absolute atomic E-state index is 13.4. The second kappa shape index (κ2) is 7.25. The summed E-state index contributed by atoms with van der Waals surface area (Å²) in [4.78, 5) is 23.7. The zero-order valence-electron chi connectivity index (χ0n) is 13.7. The van der Waals surface area contributed by atoms with Crippen molar-refractivity contribution < 1.29 is 28.6 Å². The van der Waals surface area contributed by atoms with E-state index in [0.29, 0.717) is 16.8 Å². The summed E-state index contributed by atoms with van der Waals surface area (Å²) in [5, 5.41) is 21.2. The highest BCUT2D eigenvalue weighted by atomic mass is 19.2. The van der Waals surface area contributed by atoms with Crippen LogP contribution in [0.25, 0.3) is 11.1 Å². The number of carbonyl (C=O) groups is 2. The molecule has 0 saturated carbocycles. The number of benzene rings is 3. The third-order valence-corrected chi connectivity index (χ3v) is 3.85. The highest BCUT2D eigenvalue weighted by Gasteiger charge is 2.17. The number of phenols is 1. The fourth-order valence-electron chi connectivity index (χ4n) is 2.56. The smallest absolute Gasteiger partial charge is 0.336 e. The number of carbonyl (C=O) groups excluding carboxylic acids is 1. The fourth-order valence-corrected chi connectivity index (χ4v) is 2.56. The van der Waals surface area contributed by atoms with E-state index in [2.05, 4.69) is 5.32 Å². The zero-order valence-corrected chi connectivity index (χ0v) is 13.7. The molecule has 27 heavy (non-hydrogen) atoms. The van der Waals surface area contributed by atoms with Crippen molar-refractivity contribution in [3.63, 3.8) is 0 Å². The van der Waals surface area contributed by atoms with E-state index >= 15 is 0 Å². The highest BCUT2D eigenvalue weighted by molar-refractivity contribution is 6.11. The van der Waals surface area contributed by atoms with Crippen LogP contribution in [0.15, 0.2) is 60.7 Å². The van der Waals surface area contributed by atoms with Gasteiger partial charge >= 0.3 is 5.97 Å². The molecule has 0 spiro atoms. The van der Waals surface area contributed by atoms with Crippen LogP contribution in [0.1, 0.15) is 20.7 Å². The molecule has 0 aromatic heterocycles. The van der Waals surface area contributed by atoms with Gasteiger partial charge in [0.05, 0.1) is 11.1 Å². The van der Waals surface area contributed by atoms with Crippen LogP contribution in [-0.2, 0) is 0 Å². The maximum Gasteiger partial charge on any atom is 0.336 e. The first-order valence-corrected chi connectivity index (χ1v) is 7.78. The molecule has 0 saturated heterocycles. The van der Waals surface area contributed by atoms with Gasteiger partial charge < -0.3 is 15.5 Å². The molecule has 5 nitrogen and oxygen atoms in total. The third kappa shape index (κ3) is 3.92. The van der Waals surface area contributed by atoms with Gasteiger partial charge in [0, 0.05) is 5.69 Å². The second-order valence-electron chi connectivity index (χ2n) is 5.70. The van der Waals surface area contributed by atoms with Crippen LogP contribution >= 0.6 is 0 Å². The van der Waals surface area contributed by atoms with Gasteiger partial charge in [-0.2, -0.15) is 0 Å². The van der Waals surface area contributed by atoms with Crippen molar-refractivity contribution in [2.45, 2.75) is 0 Å². The molecule has 7 heteroatoms. The maximum atomic E-state index is 13.4. The SMILES string of the molecule is O=C(O)c1cc(O)ccc1C(=O)Nc1cccc(-c2ccc(F)c(F)c2)c1. The summed E-state index contributed by atoms with van der Waals surface area (Å²) in [5.74, 6) is -4.26. The van der Waals surface area contributed by atoms with Crippen molar-refractivity contribution in [2.24, 2.45) is 0 Å². The standard InChI is InChI=1S/C20H13F2NO4/c21-17-7-4-12(9-18(17)22)11-2-1-3-13(8-11)23-19(25)15-6-5-14(24)10-16(15)20(26)27/h1-10,24H,(H,23,25)(H,26,27). The first-order chi connectivity index (χ1) is 12.8. The molecule has 0 bridgehead atoms. The van der Waals surface area contributed by atoms with Crippen LogP contribution in [0.3, 0.4) is 0 Å². The van der Waals surface area contributed by atoms with Gasteiger partial charge in [0.1, 0.15) is 5.75 Å². The topological polar surface area (TPSA) is 86.6 Å². The van der Waals surface area contributed by atoms with E-state index in [1.165, 1.54) is 18.2 Å². The predicted octanol–water partition coefficient (Wildman–Crippen LogP) is 4.29. The lowest BCUT2D eigenvalue weighted by molar-refractivity contribution is 0.0692. The quantitative estimate of drug-likeness (QED) is 0.640. The molecule has 3 aromatic carbocycles. The summed E-state index contributed by atoms with van der Waals surface area (Å²) in [7, 11) is 0. The van der Waals surface area contributed by atoms with Gasteiger partial charge in [0.15, 0.2) is 11.6 Å². The van der Waals surface area contributed by atoms with Crippen LogP contribution in [0.2, 0.25) is 0 Å². The lowest BCUT2D eigenvalue weighted by atomic mass is 10.0. The number of rotatable bonds is 4. The van der Waals surface area contributed by atoms with Crippen LogP contribution in [0.4, 0.5) is 14.5 Å². The average molecular weight is 369 g/mol. The summed E-state index contributed by atoms with van der Waals surface area (Å²) in [6.45, 7) is 0. The predicted molar refractivity (Wildman–Crippen MR) is 94.8 cm³/mol. The number of hydrogen-bond donors (Lipinski definition) is 3. The molecule has 3 rings (SSSR count). The molecule has 0 aliphatic carbocycles. The molecule has 0 heterocycles. The van der Waals surface area contributed by atoms with Gasteiger partial charge in [-0.3, -0.25) is 4.79 Å². The number of amides is 1. The van der Waals surface area contributed by atoms with Crippen molar-refractivity contribution >= 4 is 17.6 Å². The van der Waals surface area contributed by atoms with E-state index in [1.54, 1.807) is 24.3 Å². The Morgan fingerprint density at radius 3 is 2.26 bits per heavy atom. The number of aromatic hydroxyl groups is 1. The average Bonchev–Trinajstić information content (AvgIpc) is 2.64. The van der Waals surface area contributed by atoms with Crippen molar-refractivity contribution in [3.8, 4) is 16.9 Å². The Balaban J connectivity index is 1.90. The number of hydrogen-bond acceptors (Lipinski definition) is 3. The molecule has 0 aliphatic rings. The number of aromatic carboxylic acids is 1. The minimum Gasteiger partial charge on any atom is -0.508 e. The Morgan fingerprint density at radius 2 is 1.56 bits per heavy atom. The normalized spacial score (nSPS) is 10.4. The summed E-state index contributed by atoms with van der Waals surface area (Å²) in [6.07, 6.45) is 0. The Labute approximate surface area is 152 Å². The molecule has 3 N–H and O–H groups in total. The minimum atomic E-state index is -1.36. The van der Waals surface area contributed by atoms with Gasteiger partial charge in [-0.25, -0.2) is 13.6 Å². The Morgan fingerprint density at radius 1 is 0.815 bits per heavy atom. The van der Waals surface area contributed by atoms with E-state index in [-0.39, 0.29) is 16.9 Å². The molecule has 1 amide bonds. The molecule has 0 aliphatic heterocycles. The Kier molecular flexibility index (Phi) is 4.85. The van der Waals surface area contributed by atoms with E-state index < -0.39 is 23.5 Å². The monoisotopic (exact) mass is 369 g/mol. The van der Waals surface area contributed by atoms with E-state index in [9.17, 15) is 28.6 Å². The number of phenolic OH excluding ortho intramolecular Hbond substituents is 1.